The fourth-order valence-electron chi connectivity index (χ4n) is 0. The number of hydrogen-bond donors (Lipinski definition) is 4. The predicted molar refractivity (Wildman–Crippen MR) is 112 cm³/mol. The first-order valence-electron chi connectivity index (χ1n) is 3.12. The fourth-order valence-corrected chi connectivity index (χ4v) is 0. The molecule has 0 radical (unpaired) electrons. The summed E-state index contributed by atoms with van der Waals surface area (Å²) in [5.41, 5.74) is 18.6. The zero-order chi connectivity index (χ0) is 17.0. The van der Waals surface area contributed by atoms with Gasteiger partial charge in [-0.15, -0.1) is 0 Å². The van der Waals surface area contributed by atoms with Gasteiger partial charge in [-0.1, -0.05) is 17.3 Å². The zero-order valence-corrected chi connectivity index (χ0v) is 21.4. The van der Waals surface area contributed by atoms with Gasteiger partial charge >= 0.3 is 55.6 Å². The molecule has 0 fully saturated rings. The molecule has 0 saturated heterocycles. The van der Waals surface area contributed by atoms with Gasteiger partial charge in [-0.25, -0.2) is 0 Å². The molecule has 4 nitrogen and oxygen atoms in total. The van der Waals surface area contributed by atoms with Crippen molar-refractivity contribution < 1.29 is 36.0 Å². The zero-order valence-electron chi connectivity index (χ0n) is 9.21. The van der Waals surface area contributed by atoms with Crippen molar-refractivity contribution in [1.29, 1.82) is 0 Å². The van der Waals surface area contributed by atoms with Crippen molar-refractivity contribution in [2.24, 2.45) is 22.9 Å². The van der Waals surface area contributed by atoms with Gasteiger partial charge in [0.2, 0.25) is 0 Å². The summed E-state index contributed by atoms with van der Waals surface area (Å²) >= 11 is 32.7. The number of hydrogen-bond acceptors (Lipinski definition) is 10. The van der Waals surface area contributed by atoms with Crippen LogP contribution in [0.4, 0.5) is 0 Å². The van der Waals surface area contributed by atoms with E-state index in [1.54, 1.807) is 0 Å². The maximum absolute atomic E-state index is 4.66. The Morgan fingerprint density at radius 2 is 0.600 bits per heavy atom. The molecule has 0 aromatic heterocycles. The van der Waals surface area contributed by atoms with Gasteiger partial charge in [-0.05, 0) is 0 Å². The van der Waals surface area contributed by atoms with E-state index in [4.69, 9.17) is 0 Å². The van der Waals surface area contributed by atoms with Crippen LogP contribution in [0, 0.1) is 0 Å². The minimum atomic E-state index is -0.363. The molecule has 16 heteroatoms. The van der Waals surface area contributed by atoms with Crippen molar-refractivity contribution in [2.75, 3.05) is 0 Å². The van der Waals surface area contributed by atoms with Crippen LogP contribution in [0.3, 0.4) is 0 Å². The topological polar surface area (TPSA) is 104 Å². The van der Waals surface area contributed by atoms with E-state index >= 15 is 0 Å². The summed E-state index contributed by atoms with van der Waals surface area (Å²) in [7, 11) is 8.68. The number of rotatable bonds is 0. The molecular formula is C4H8Mo2N4S10. The summed E-state index contributed by atoms with van der Waals surface area (Å²) in [6.07, 6.45) is 0. The summed E-state index contributed by atoms with van der Waals surface area (Å²) < 4.78 is 0.333. The maximum atomic E-state index is 4.66. The standard InChI is InChI=1S/4CH3NS2.2Mo.2S/c4*2-1(3)4;;;;/h4*(H3,2,3,4);;;;/q;;;;;+4;;/p-4. The second-order valence-electron chi connectivity index (χ2n) is 1.34. The molecule has 0 aromatic carbocycles. The molecule has 20 heavy (non-hydrogen) atoms. The summed E-state index contributed by atoms with van der Waals surface area (Å²) in [4.78, 5) is 0. The third kappa shape index (κ3) is 1480. The van der Waals surface area contributed by atoms with E-state index in [0.29, 0.717) is 0 Å². The second kappa shape index (κ2) is 37.5. The molecule has 0 bridgehead atoms. The molecule has 0 heterocycles. The number of thiocarbonyl (C=S) groups is 4. The minimum absolute atomic E-state index is 0. The van der Waals surface area contributed by atoms with Crippen LogP contribution in [-0.2, 0) is 86.5 Å². The van der Waals surface area contributed by atoms with Crippen molar-refractivity contribution in [3.63, 3.8) is 0 Å². The third-order valence-electron chi connectivity index (χ3n) is 0. The van der Waals surface area contributed by atoms with Crippen LogP contribution in [0.15, 0.2) is 0 Å². The Hall–Kier alpha value is 2.26. The Labute approximate surface area is 192 Å². The van der Waals surface area contributed by atoms with Gasteiger partial charge in [-0.2, -0.15) is 0 Å². The summed E-state index contributed by atoms with van der Waals surface area (Å²) in [5, 5.41) is 0. The van der Waals surface area contributed by atoms with Crippen LogP contribution in [0.1, 0.15) is 0 Å². The summed E-state index contributed by atoms with van der Waals surface area (Å²) in [6.45, 7) is 0. The van der Waals surface area contributed by atoms with Gasteiger partial charge in [0.15, 0.2) is 0 Å². The van der Waals surface area contributed by atoms with Crippen LogP contribution in [0.2, 0.25) is 0 Å². The Morgan fingerprint density at radius 3 is 0.600 bits per heavy atom. The van der Waals surface area contributed by atoms with E-state index in [-0.39, 0.29) is 53.3 Å². The van der Waals surface area contributed by atoms with E-state index in [9.17, 15) is 0 Å². The molecule has 0 aliphatic rings. The molecule has 116 valence electrons. The van der Waals surface area contributed by atoms with E-state index in [2.05, 4.69) is 142 Å². The SMILES string of the molecule is NC(=S)[S-].NC(=S)[S-].NC(=S)[S-].NC(=S)[S-].[Mo+4].[S]=[Mo]=[S]. The van der Waals surface area contributed by atoms with Crippen molar-refractivity contribution in [3.8, 4) is 0 Å². The Bertz CT molecular complexity index is 240. The van der Waals surface area contributed by atoms with Crippen molar-refractivity contribution in [3.05, 3.63) is 0 Å². The van der Waals surface area contributed by atoms with Gasteiger partial charge in [-0.3, -0.25) is 0 Å². The normalized spacial score (nSPS) is 5.40. The molecular weight excluding hydrogens is 617 g/mol. The molecule has 0 spiro atoms. The monoisotopic (exact) mass is 628 g/mol. The average molecular weight is 625 g/mol. The third-order valence-corrected chi connectivity index (χ3v) is 0. The molecule has 0 unspecified atom stereocenters. The Morgan fingerprint density at radius 1 is 0.600 bits per heavy atom. The Balaban J connectivity index is -0.0000000304. The molecule has 8 N–H and O–H groups in total. The van der Waals surface area contributed by atoms with Crippen molar-refractivity contribution in [1.82, 2.24) is 0 Å². The molecule has 0 atom stereocenters. The van der Waals surface area contributed by atoms with Crippen molar-refractivity contribution >= 4 is 136 Å². The van der Waals surface area contributed by atoms with Crippen molar-refractivity contribution in [2.45, 2.75) is 0 Å². The van der Waals surface area contributed by atoms with E-state index in [0.717, 1.165) is 0 Å². The first-order valence-corrected chi connectivity index (χ1v) is 12.0. The Kier molecular flexibility index (Phi) is 71.3. The number of nitrogens with two attached hydrogens (primary N) is 4. The van der Waals surface area contributed by atoms with Crippen LogP contribution < -0.4 is 22.9 Å². The van der Waals surface area contributed by atoms with Crippen LogP contribution in [-0.4, -0.2) is 17.3 Å². The first kappa shape index (κ1) is 38.1. The molecule has 0 rings (SSSR count). The van der Waals surface area contributed by atoms with Gasteiger partial charge in [0, 0.05) is 0 Å². The average Bonchev–Trinajstić information content (AvgIpc) is 1.97. The van der Waals surface area contributed by atoms with Crippen LogP contribution in [0.5, 0.6) is 0 Å². The molecule has 0 aliphatic heterocycles. The van der Waals surface area contributed by atoms with E-state index in [1.165, 1.54) is 0 Å². The quantitative estimate of drug-likeness (QED) is 0.170. The summed E-state index contributed by atoms with van der Waals surface area (Å²) in [5.74, 6) is 0. The van der Waals surface area contributed by atoms with E-state index < -0.39 is 0 Å². The van der Waals surface area contributed by atoms with Gasteiger partial charge in [0.1, 0.15) is 0 Å². The van der Waals surface area contributed by atoms with Gasteiger partial charge < -0.3 is 122 Å². The van der Waals surface area contributed by atoms with Crippen LogP contribution >= 0.6 is 68.5 Å². The first-order chi connectivity index (χ1) is 8.34. The summed E-state index contributed by atoms with van der Waals surface area (Å²) in [6, 6.07) is 0. The molecule has 0 aliphatic carbocycles. The molecule has 0 saturated carbocycles. The second-order valence-corrected chi connectivity index (χ2v) is 9.45. The fraction of sp³-hybridized carbons (Fsp3) is 0. The molecule has 0 amide bonds. The molecule has 0 aromatic rings. The van der Waals surface area contributed by atoms with E-state index in [1.807, 2.05) is 0 Å². The van der Waals surface area contributed by atoms with Gasteiger partial charge in [0.05, 0.1) is 0 Å². The van der Waals surface area contributed by atoms with Crippen LogP contribution in [0.25, 0.3) is 0 Å². The predicted octanol–water partition coefficient (Wildman–Crippen LogP) is 0.399. The van der Waals surface area contributed by atoms with Gasteiger partial charge in [0.25, 0.3) is 0 Å².